The van der Waals surface area contributed by atoms with Crippen molar-refractivity contribution in [3.8, 4) is 5.88 Å². The molecule has 0 aliphatic carbocycles. The van der Waals surface area contributed by atoms with Crippen LogP contribution in [-0.2, 0) is 4.74 Å². The van der Waals surface area contributed by atoms with Crippen molar-refractivity contribution in [3.05, 3.63) is 23.1 Å². The summed E-state index contributed by atoms with van der Waals surface area (Å²) in [5, 5.41) is 0.263. The zero-order valence-corrected chi connectivity index (χ0v) is 9.54. The van der Waals surface area contributed by atoms with Crippen LogP contribution in [0.15, 0.2) is 12.3 Å². The van der Waals surface area contributed by atoms with E-state index in [2.05, 4.69) is 4.98 Å². The largest absolute Gasteiger partial charge is 0.473 e. The Labute approximate surface area is 98.5 Å². The second-order valence-corrected chi connectivity index (χ2v) is 4.18. The van der Waals surface area contributed by atoms with Gasteiger partial charge in [0.25, 0.3) is 5.88 Å². The first kappa shape index (κ1) is 11.6. The lowest BCUT2D eigenvalue weighted by Crippen LogP contribution is -2.26. The second-order valence-electron chi connectivity index (χ2n) is 3.74. The van der Waals surface area contributed by atoms with Crippen molar-refractivity contribution in [3.63, 3.8) is 0 Å². The van der Waals surface area contributed by atoms with Gasteiger partial charge in [0.05, 0.1) is 11.1 Å². The van der Waals surface area contributed by atoms with Gasteiger partial charge in [-0.25, -0.2) is 9.37 Å². The van der Waals surface area contributed by atoms with Crippen molar-refractivity contribution in [2.45, 2.75) is 25.4 Å². The third-order valence-electron chi connectivity index (χ3n) is 2.45. The molecule has 2 heterocycles. The van der Waals surface area contributed by atoms with E-state index in [-0.39, 0.29) is 17.0 Å². The van der Waals surface area contributed by atoms with E-state index >= 15 is 0 Å². The Balaban J connectivity index is 1.88. The van der Waals surface area contributed by atoms with E-state index < -0.39 is 5.82 Å². The molecule has 0 amide bonds. The number of nitrogens with zero attached hydrogens (tertiary/aromatic N) is 1. The third kappa shape index (κ3) is 3.06. The van der Waals surface area contributed by atoms with Gasteiger partial charge in [0.1, 0.15) is 6.61 Å². The van der Waals surface area contributed by atoms with Gasteiger partial charge in [0.15, 0.2) is 5.82 Å². The van der Waals surface area contributed by atoms with Crippen LogP contribution in [0.1, 0.15) is 19.3 Å². The van der Waals surface area contributed by atoms with Crippen LogP contribution in [0.4, 0.5) is 4.39 Å². The standard InChI is InChI=1S/C11H13ClFNO2/c12-8-5-10(13)11(14-6-8)16-7-9-3-1-2-4-15-9/h5-6,9H,1-4,7H2. The van der Waals surface area contributed by atoms with E-state index in [1.54, 1.807) is 0 Å². The monoisotopic (exact) mass is 245 g/mol. The summed E-state index contributed by atoms with van der Waals surface area (Å²) < 4.78 is 24.0. The summed E-state index contributed by atoms with van der Waals surface area (Å²) in [5.74, 6) is -0.554. The molecular formula is C11H13ClFNO2. The van der Waals surface area contributed by atoms with E-state index in [0.717, 1.165) is 25.9 Å². The van der Waals surface area contributed by atoms with E-state index in [1.165, 1.54) is 12.3 Å². The molecule has 16 heavy (non-hydrogen) atoms. The Morgan fingerprint density at radius 3 is 3.12 bits per heavy atom. The molecule has 0 spiro atoms. The summed E-state index contributed by atoms with van der Waals surface area (Å²) in [6.45, 7) is 1.09. The molecule has 1 saturated heterocycles. The summed E-state index contributed by atoms with van der Waals surface area (Å²) in [5.41, 5.74) is 0. The number of ether oxygens (including phenoxy) is 2. The van der Waals surface area contributed by atoms with Gasteiger partial charge in [0.2, 0.25) is 0 Å². The highest BCUT2D eigenvalue weighted by Gasteiger charge is 2.15. The molecule has 1 aromatic heterocycles. The van der Waals surface area contributed by atoms with Crippen LogP contribution in [0.3, 0.4) is 0 Å². The van der Waals surface area contributed by atoms with Crippen LogP contribution in [0.5, 0.6) is 5.88 Å². The first-order valence-electron chi connectivity index (χ1n) is 5.31. The second kappa shape index (κ2) is 5.46. The average molecular weight is 246 g/mol. The van der Waals surface area contributed by atoms with Gasteiger partial charge in [-0.1, -0.05) is 11.6 Å². The predicted molar refractivity (Wildman–Crippen MR) is 58.3 cm³/mol. The molecule has 0 aromatic carbocycles. The van der Waals surface area contributed by atoms with Gasteiger partial charge in [-0.15, -0.1) is 0 Å². The van der Waals surface area contributed by atoms with E-state index in [0.29, 0.717) is 6.61 Å². The Hall–Kier alpha value is -0.870. The predicted octanol–water partition coefficient (Wildman–Crippen LogP) is 2.82. The number of aromatic nitrogens is 1. The summed E-state index contributed by atoms with van der Waals surface area (Å²) in [6.07, 6.45) is 4.58. The summed E-state index contributed by atoms with van der Waals surface area (Å²) >= 11 is 5.58. The highest BCUT2D eigenvalue weighted by Crippen LogP contribution is 2.19. The van der Waals surface area contributed by atoms with Gasteiger partial charge in [-0.2, -0.15) is 0 Å². The van der Waals surface area contributed by atoms with Gasteiger partial charge in [-0.3, -0.25) is 0 Å². The Morgan fingerprint density at radius 2 is 2.44 bits per heavy atom. The molecule has 0 radical (unpaired) electrons. The first-order valence-corrected chi connectivity index (χ1v) is 5.69. The van der Waals surface area contributed by atoms with Crippen LogP contribution in [0.2, 0.25) is 5.02 Å². The van der Waals surface area contributed by atoms with Crippen molar-refractivity contribution in [2.75, 3.05) is 13.2 Å². The molecule has 88 valence electrons. The Bertz CT molecular complexity index is 356. The van der Waals surface area contributed by atoms with Crippen LogP contribution in [0, 0.1) is 5.82 Å². The van der Waals surface area contributed by atoms with Crippen LogP contribution in [0.25, 0.3) is 0 Å². The maximum Gasteiger partial charge on any atom is 0.250 e. The maximum atomic E-state index is 13.3. The number of rotatable bonds is 3. The lowest BCUT2D eigenvalue weighted by molar-refractivity contribution is -0.0126. The minimum atomic E-state index is -0.539. The molecule has 0 N–H and O–H groups in total. The molecule has 2 rings (SSSR count). The fourth-order valence-electron chi connectivity index (χ4n) is 1.62. The zero-order valence-electron chi connectivity index (χ0n) is 8.79. The summed E-state index contributed by atoms with van der Waals surface area (Å²) in [4.78, 5) is 3.78. The van der Waals surface area contributed by atoms with Gasteiger partial charge in [-0.05, 0) is 25.3 Å². The SMILES string of the molecule is Fc1cc(Cl)cnc1OCC1CCCCO1. The van der Waals surface area contributed by atoms with E-state index in [1.807, 2.05) is 0 Å². The highest BCUT2D eigenvalue weighted by atomic mass is 35.5. The lowest BCUT2D eigenvalue weighted by Gasteiger charge is -2.22. The molecule has 1 aromatic rings. The van der Waals surface area contributed by atoms with Gasteiger partial charge in [0, 0.05) is 12.8 Å². The zero-order chi connectivity index (χ0) is 11.4. The van der Waals surface area contributed by atoms with Crippen molar-refractivity contribution < 1.29 is 13.9 Å². The number of pyridine rings is 1. The topological polar surface area (TPSA) is 31.4 Å². The quantitative estimate of drug-likeness (QED) is 0.821. The van der Waals surface area contributed by atoms with Crippen LogP contribution in [-0.4, -0.2) is 24.3 Å². The maximum absolute atomic E-state index is 13.3. The molecule has 1 fully saturated rings. The number of hydrogen-bond acceptors (Lipinski definition) is 3. The Morgan fingerprint density at radius 1 is 1.56 bits per heavy atom. The smallest absolute Gasteiger partial charge is 0.250 e. The highest BCUT2D eigenvalue weighted by molar-refractivity contribution is 6.30. The summed E-state index contributed by atoms with van der Waals surface area (Å²) in [7, 11) is 0. The van der Waals surface area contributed by atoms with Crippen molar-refractivity contribution in [1.29, 1.82) is 0 Å². The third-order valence-corrected chi connectivity index (χ3v) is 2.66. The minimum absolute atomic E-state index is 0.0152. The van der Waals surface area contributed by atoms with Crippen LogP contribution >= 0.6 is 11.6 Å². The van der Waals surface area contributed by atoms with Gasteiger partial charge >= 0.3 is 0 Å². The fraction of sp³-hybridized carbons (Fsp3) is 0.545. The van der Waals surface area contributed by atoms with Crippen molar-refractivity contribution >= 4 is 11.6 Å². The molecule has 1 unspecified atom stereocenters. The van der Waals surface area contributed by atoms with Crippen molar-refractivity contribution in [2.24, 2.45) is 0 Å². The molecule has 0 bridgehead atoms. The number of halogens is 2. The summed E-state index contributed by atoms with van der Waals surface area (Å²) in [6, 6.07) is 1.19. The Kier molecular flexibility index (Phi) is 3.96. The van der Waals surface area contributed by atoms with E-state index in [4.69, 9.17) is 21.1 Å². The minimum Gasteiger partial charge on any atom is -0.473 e. The number of hydrogen-bond donors (Lipinski definition) is 0. The molecule has 0 saturated carbocycles. The normalized spacial score (nSPS) is 20.8. The first-order chi connectivity index (χ1) is 7.75. The average Bonchev–Trinajstić information content (AvgIpc) is 2.29. The molecular weight excluding hydrogens is 233 g/mol. The van der Waals surface area contributed by atoms with Crippen molar-refractivity contribution in [1.82, 2.24) is 4.98 Å². The molecule has 1 atom stereocenters. The van der Waals surface area contributed by atoms with E-state index in [9.17, 15) is 4.39 Å². The fourth-order valence-corrected chi connectivity index (χ4v) is 1.76. The molecule has 1 aliphatic rings. The molecule has 1 aliphatic heterocycles. The van der Waals surface area contributed by atoms with Gasteiger partial charge < -0.3 is 9.47 Å². The van der Waals surface area contributed by atoms with Crippen LogP contribution < -0.4 is 4.74 Å². The molecule has 3 nitrogen and oxygen atoms in total. The lowest BCUT2D eigenvalue weighted by atomic mass is 10.1. The molecule has 5 heteroatoms.